The van der Waals surface area contributed by atoms with E-state index in [1.165, 1.54) is 4.90 Å². The molecule has 0 radical (unpaired) electrons. The first-order valence-electron chi connectivity index (χ1n) is 6.23. The number of nitrogens with zero attached hydrogens (tertiary/aromatic N) is 2. The monoisotopic (exact) mass is 303 g/mol. The van der Waals surface area contributed by atoms with Crippen LogP contribution in [0.5, 0.6) is 0 Å². The zero-order chi connectivity index (χ0) is 15.4. The van der Waals surface area contributed by atoms with Crippen LogP contribution in [0.25, 0.3) is 0 Å². The third-order valence-electron chi connectivity index (χ3n) is 2.72. The molecule has 0 atom stereocenters. The largest absolute Gasteiger partial charge is 0.345 e. The summed E-state index contributed by atoms with van der Waals surface area (Å²) in [6, 6.07) is 11.5. The number of carbonyl (C=O) groups excluding carboxylic acids is 2. The molecule has 0 aliphatic carbocycles. The van der Waals surface area contributed by atoms with Gasteiger partial charge >= 0.3 is 0 Å². The summed E-state index contributed by atoms with van der Waals surface area (Å²) in [4.78, 5) is 29.3. The topological polar surface area (TPSA) is 62.3 Å². The number of hydrogen-bond acceptors (Lipinski definition) is 3. The quantitative estimate of drug-likeness (QED) is 0.887. The number of hydrogen-bond donors (Lipinski definition) is 1. The molecule has 108 valence electrons. The van der Waals surface area contributed by atoms with Crippen LogP contribution in [0.1, 0.15) is 20.8 Å². The number of nitrogens with one attached hydrogen (secondary N) is 1. The molecule has 1 heterocycles. The van der Waals surface area contributed by atoms with Crippen LogP contribution in [-0.4, -0.2) is 35.8 Å². The predicted octanol–water partition coefficient (Wildman–Crippen LogP) is 2.69. The molecule has 1 N–H and O–H groups in total. The highest BCUT2D eigenvalue weighted by atomic mass is 35.5. The number of rotatable bonds is 3. The summed E-state index contributed by atoms with van der Waals surface area (Å²) in [6.45, 7) is 0. The minimum atomic E-state index is -0.382. The molecule has 6 heteroatoms. The van der Waals surface area contributed by atoms with Crippen LogP contribution in [0.2, 0.25) is 5.15 Å². The minimum absolute atomic E-state index is 0.132. The third kappa shape index (κ3) is 3.79. The van der Waals surface area contributed by atoms with Crippen LogP contribution >= 0.6 is 11.6 Å². The molecule has 0 unspecified atom stereocenters. The SMILES string of the molecule is CN(C)C(=O)c1cccc(NC(=O)c2cccc(Cl)n2)c1. The molecular weight excluding hydrogens is 290 g/mol. The van der Waals surface area contributed by atoms with Gasteiger partial charge in [0.2, 0.25) is 0 Å². The van der Waals surface area contributed by atoms with E-state index in [-0.39, 0.29) is 22.7 Å². The molecule has 5 nitrogen and oxygen atoms in total. The maximum absolute atomic E-state index is 12.1. The standard InChI is InChI=1S/C15H14ClN3O2/c1-19(2)15(21)10-5-3-6-11(9-10)17-14(20)12-7-4-8-13(16)18-12/h3-9H,1-2H3,(H,17,20). The van der Waals surface area contributed by atoms with Gasteiger partial charge in [0.25, 0.3) is 11.8 Å². The van der Waals surface area contributed by atoms with Crippen molar-refractivity contribution in [2.45, 2.75) is 0 Å². The van der Waals surface area contributed by atoms with Crippen molar-refractivity contribution in [1.82, 2.24) is 9.88 Å². The van der Waals surface area contributed by atoms with E-state index in [4.69, 9.17) is 11.6 Å². The Morgan fingerprint density at radius 1 is 1.14 bits per heavy atom. The first-order valence-corrected chi connectivity index (χ1v) is 6.61. The molecule has 0 fully saturated rings. The summed E-state index contributed by atoms with van der Waals surface area (Å²) < 4.78 is 0. The molecule has 0 spiro atoms. The molecule has 2 rings (SSSR count). The van der Waals surface area contributed by atoms with Gasteiger partial charge in [0.1, 0.15) is 10.8 Å². The van der Waals surface area contributed by atoms with Crippen molar-refractivity contribution in [3.8, 4) is 0 Å². The van der Waals surface area contributed by atoms with Crippen molar-refractivity contribution >= 4 is 29.1 Å². The fourth-order valence-electron chi connectivity index (χ4n) is 1.72. The summed E-state index contributed by atoms with van der Waals surface area (Å²) in [6.07, 6.45) is 0. The number of anilines is 1. The molecule has 1 aromatic carbocycles. The van der Waals surface area contributed by atoms with Crippen LogP contribution in [0.15, 0.2) is 42.5 Å². The van der Waals surface area contributed by atoms with Crippen molar-refractivity contribution in [3.05, 3.63) is 58.9 Å². The number of pyridine rings is 1. The average Bonchev–Trinajstić information content (AvgIpc) is 2.46. The van der Waals surface area contributed by atoms with E-state index >= 15 is 0 Å². The van der Waals surface area contributed by atoms with E-state index in [0.717, 1.165) is 0 Å². The number of aromatic nitrogens is 1. The van der Waals surface area contributed by atoms with Crippen LogP contribution in [0.4, 0.5) is 5.69 Å². The van der Waals surface area contributed by atoms with Gasteiger partial charge in [-0.2, -0.15) is 0 Å². The van der Waals surface area contributed by atoms with Gasteiger partial charge in [-0.1, -0.05) is 23.7 Å². The van der Waals surface area contributed by atoms with Gasteiger partial charge < -0.3 is 10.2 Å². The Kier molecular flexibility index (Phi) is 4.55. The van der Waals surface area contributed by atoms with E-state index in [2.05, 4.69) is 10.3 Å². The summed E-state index contributed by atoms with van der Waals surface area (Å²) in [5, 5.41) is 2.94. The van der Waals surface area contributed by atoms with Crippen LogP contribution in [0.3, 0.4) is 0 Å². The molecule has 0 saturated carbocycles. The Hall–Kier alpha value is -2.40. The van der Waals surface area contributed by atoms with E-state index in [1.54, 1.807) is 56.6 Å². The van der Waals surface area contributed by atoms with Crippen molar-refractivity contribution in [1.29, 1.82) is 0 Å². The first-order chi connectivity index (χ1) is 9.97. The Labute approximate surface area is 127 Å². The predicted molar refractivity (Wildman–Crippen MR) is 81.7 cm³/mol. The Balaban J connectivity index is 2.18. The maximum atomic E-state index is 12.1. The molecule has 2 amide bonds. The molecule has 0 saturated heterocycles. The highest BCUT2D eigenvalue weighted by molar-refractivity contribution is 6.29. The second-order valence-electron chi connectivity index (χ2n) is 4.58. The van der Waals surface area contributed by atoms with Crippen molar-refractivity contribution in [2.75, 3.05) is 19.4 Å². The van der Waals surface area contributed by atoms with Crippen molar-refractivity contribution < 1.29 is 9.59 Å². The van der Waals surface area contributed by atoms with Gasteiger partial charge in [-0.05, 0) is 30.3 Å². The van der Waals surface area contributed by atoms with Gasteiger partial charge in [-0.15, -0.1) is 0 Å². The van der Waals surface area contributed by atoms with Crippen LogP contribution in [0, 0.1) is 0 Å². The first kappa shape index (κ1) is 15.0. The van der Waals surface area contributed by atoms with E-state index in [1.807, 2.05) is 0 Å². The van der Waals surface area contributed by atoms with Gasteiger partial charge in [0, 0.05) is 25.3 Å². The Morgan fingerprint density at radius 3 is 2.52 bits per heavy atom. The number of benzene rings is 1. The fraction of sp³-hybridized carbons (Fsp3) is 0.133. The van der Waals surface area contributed by atoms with Gasteiger partial charge in [-0.3, -0.25) is 9.59 Å². The zero-order valence-corrected chi connectivity index (χ0v) is 12.4. The summed E-state index contributed by atoms with van der Waals surface area (Å²) in [7, 11) is 3.34. The highest BCUT2D eigenvalue weighted by Gasteiger charge is 2.11. The average molecular weight is 304 g/mol. The van der Waals surface area contributed by atoms with Crippen molar-refractivity contribution in [2.24, 2.45) is 0 Å². The number of carbonyl (C=O) groups is 2. The molecule has 1 aromatic heterocycles. The summed E-state index contributed by atoms with van der Waals surface area (Å²) >= 11 is 5.75. The van der Waals surface area contributed by atoms with Gasteiger partial charge in [0.05, 0.1) is 0 Å². The maximum Gasteiger partial charge on any atom is 0.274 e. The lowest BCUT2D eigenvalue weighted by Crippen LogP contribution is -2.22. The lowest BCUT2D eigenvalue weighted by Gasteiger charge is -2.11. The Bertz CT molecular complexity index is 686. The summed E-state index contributed by atoms with van der Waals surface area (Å²) in [5.41, 5.74) is 1.23. The molecular formula is C15H14ClN3O2. The normalized spacial score (nSPS) is 10.0. The van der Waals surface area contributed by atoms with Gasteiger partial charge in [-0.25, -0.2) is 4.98 Å². The lowest BCUT2D eigenvalue weighted by atomic mass is 10.2. The van der Waals surface area contributed by atoms with Crippen molar-refractivity contribution in [3.63, 3.8) is 0 Å². The molecule has 0 aliphatic rings. The second-order valence-corrected chi connectivity index (χ2v) is 4.97. The Morgan fingerprint density at radius 2 is 1.86 bits per heavy atom. The molecule has 21 heavy (non-hydrogen) atoms. The molecule has 0 bridgehead atoms. The molecule has 0 aliphatic heterocycles. The van der Waals surface area contributed by atoms with E-state index in [0.29, 0.717) is 11.3 Å². The van der Waals surface area contributed by atoms with E-state index in [9.17, 15) is 9.59 Å². The highest BCUT2D eigenvalue weighted by Crippen LogP contribution is 2.14. The van der Waals surface area contributed by atoms with Crippen LogP contribution in [-0.2, 0) is 0 Å². The lowest BCUT2D eigenvalue weighted by molar-refractivity contribution is 0.0827. The summed E-state index contributed by atoms with van der Waals surface area (Å²) in [5.74, 6) is -0.515. The number of halogens is 1. The smallest absolute Gasteiger partial charge is 0.274 e. The second kappa shape index (κ2) is 6.37. The van der Waals surface area contributed by atoms with Gasteiger partial charge in [0.15, 0.2) is 0 Å². The molecule has 2 aromatic rings. The van der Waals surface area contributed by atoms with E-state index < -0.39 is 0 Å². The van der Waals surface area contributed by atoms with Crippen LogP contribution < -0.4 is 5.32 Å². The third-order valence-corrected chi connectivity index (χ3v) is 2.93. The minimum Gasteiger partial charge on any atom is -0.345 e. The fourth-order valence-corrected chi connectivity index (χ4v) is 1.88. The zero-order valence-electron chi connectivity index (χ0n) is 11.6. The number of amides is 2.